The van der Waals surface area contributed by atoms with Crippen LogP contribution in [-0.4, -0.2) is 37.7 Å². The van der Waals surface area contributed by atoms with Crippen molar-refractivity contribution in [2.24, 2.45) is 0 Å². The highest BCUT2D eigenvalue weighted by Gasteiger charge is 2.26. The Morgan fingerprint density at radius 3 is 2.39 bits per heavy atom. The molecular formula is C15H17Cl2NO3S2. The number of likely N-dealkylation sites (N-methyl/N-ethyl adjacent to an activating group) is 1. The lowest BCUT2D eigenvalue weighted by Gasteiger charge is -2.30. The predicted octanol–water partition coefficient (Wildman–Crippen LogP) is 4.14. The third-order valence-corrected chi connectivity index (χ3v) is 4.88. The zero-order valence-corrected chi connectivity index (χ0v) is 15.8. The summed E-state index contributed by atoms with van der Waals surface area (Å²) in [5, 5.41) is 0.784. The Labute approximate surface area is 150 Å². The normalized spacial score (nSPS) is 18.0. The van der Waals surface area contributed by atoms with Crippen LogP contribution in [0.25, 0.3) is 0 Å². The van der Waals surface area contributed by atoms with Crippen LogP contribution in [0.3, 0.4) is 0 Å². The molecule has 1 N–H and O–H groups in total. The fraction of sp³-hybridized carbons (Fsp3) is 0.333. The maximum atomic E-state index is 9.19. The number of rotatable bonds is 1. The van der Waals surface area contributed by atoms with Crippen molar-refractivity contribution in [3.63, 3.8) is 0 Å². The SMILES string of the molecule is CN1Cc2sc(Cl)cc2C(c2ccc(Cl)cc2)C1.CS(=O)(=O)O. The first kappa shape index (κ1) is 18.7. The zero-order chi connectivity index (χ0) is 17.2. The van der Waals surface area contributed by atoms with E-state index in [9.17, 15) is 8.42 Å². The van der Waals surface area contributed by atoms with E-state index in [2.05, 4.69) is 30.1 Å². The summed E-state index contributed by atoms with van der Waals surface area (Å²) in [4.78, 5) is 3.72. The van der Waals surface area contributed by atoms with Crippen LogP contribution in [0, 0.1) is 0 Å². The topological polar surface area (TPSA) is 57.6 Å². The smallest absolute Gasteiger partial charge is 0.261 e. The summed E-state index contributed by atoms with van der Waals surface area (Å²) >= 11 is 13.8. The molecule has 2 heterocycles. The van der Waals surface area contributed by atoms with Crippen LogP contribution in [0.1, 0.15) is 21.9 Å². The van der Waals surface area contributed by atoms with Crippen molar-refractivity contribution in [3.8, 4) is 0 Å². The molecule has 8 heteroatoms. The van der Waals surface area contributed by atoms with Crippen molar-refractivity contribution in [2.45, 2.75) is 12.5 Å². The second-order valence-electron chi connectivity index (χ2n) is 5.46. The molecule has 0 amide bonds. The van der Waals surface area contributed by atoms with Gasteiger partial charge < -0.3 is 4.90 Å². The lowest BCUT2D eigenvalue weighted by atomic mass is 9.89. The Morgan fingerprint density at radius 1 is 1.26 bits per heavy atom. The van der Waals surface area contributed by atoms with E-state index in [4.69, 9.17) is 27.8 Å². The van der Waals surface area contributed by atoms with Crippen molar-refractivity contribution in [2.75, 3.05) is 19.8 Å². The van der Waals surface area contributed by atoms with E-state index in [1.54, 1.807) is 11.3 Å². The molecule has 1 aromatic carbocycles. The van der Waals surface area contributed by atoms with Gasteiger partial charge >= 0.3 is 0 Å². The maximum Gasteiger partial charge on any atom is 0.261 e. The van der Waals surface area contributed by atoms with Crippen molar-refractivity contribution >= 4 is 44.7 Å². The van der Waals surface area contributed by atoms with Crippen molar-refractivity contribution in [3.05, 3.63) is 55.7 Å². The summed E-state index contributed by atoms with van der Waals surface area (Å²) in [7, 11) is -1.51. The van der Waals surface area contributed by atoms with Gasteiger partial charge in [-0.25, -0.2) is 0 Å². The highest BCUT2D eigenvalue weighted by Crippen LogP contribution is 2.39. The molecule has 1 atom stereocenters. The second-order valence-corrected chi connectivity index (χ2v) is 9.13. The maximum absolute atomic E-state index is 9.19. The minimum atomic E-state index is -3.67. The largest absolute Gasteiger partial charge is 0.300 e. The van der Waals surface area contributed by atoms with Gasteiger partial charge in [-0.1, -0.05) is 35.3 Å². The number of halogens is 2. The molecule has 1 unspecified atom stereocenters. The number of benzene rings is 1. The first-order valence-electron chi connectivity index (χ1n) is 6.78. The molecule has 23 heavy (non-hydrogen) atoms. The average molecular weight is 394 g/mol. The Morgan fingerprint density at radius 2 is 1.83 bits per heavy atom. The lowest BCUT2D eigenvalue weighted by Crippen LogP contribution is -2.29. The molecule has 0 spiro atoms. The van der Waals surface area contributed by atoms with E-state index in [1.165, 1.54) is 16.0 Å². The van der Waals surface area contributed by atoms with Crippen LogP contribution in [-0.2, 0) is 16.7 Å². The van der Waals surface area contributed by atoms with Gasteiger partial charge in [-0.2, -0.15) is 8.42 Å². The number of nitrogens with zero attached hydrogens (tertiary/aromatic N) is 1. The Hall–Kier alpha value is -0.630. The Bertz CT molecular complexity index is 765. The third-order valence-electron chi connectivity index (χ3n) is 3.37. The van der Waals surface area contributed by atoms with Crippen LogP contribution in [0.4, 0.5) is 0 Å². The summed E-state index contributed by atoms with van der Waals surface area (Å²) in [5.41, 5.74) is 2.69. The number of thiophene rings is 1. The molecule has 0 fully saturated rings. The molecule has 0 bridgehead atoms. The lowest BCUT2D eigenvalue weighted by molar-refractivity contribution is 0.299. The minimum absolute atomic E-state index is 0.403. The highest BCUT2D eigenvalue weighted by atomic mass is 35.5. The fourth-order valence-electron chi connectivity index (χ4n) is 2.53. The number of fused-ring (bicyclic) bond motifs is 1. The molecule has 1 aliphatic rings. The van der Waals surface area contributed by atoms with E-state index >= 15 is 0 Å². The molecule has 3 rings (SSSR count). The summed E-state index contributed by atoms with van der Waals surface area (Å²) in [6.07, 6.45) is 0.715. The molecular weight excluding hydrogens is 377 g/mol. The third kappa shape index (κ3) is 5.74. The van der Waals surface area contributed by atoms with Crippen LogP contribution >= 0.6 is 34.5 Å². The van der Waals surface area contributed by atoms with E-state index in [1.807, 2.05) is 12.1 Å². The van der Waals surface area contributed by atoms with E-state index in [-0.39, 0.29) is 0 Å². The summed E-state index contributed by atoms with van der Waals surface area (Å²) in [6.45, 7) is 2.03. The molecule has 1 aromatic heterocycles. The predicted molar refractivity (Wildman–Crippen MR) is 96.4 cm³/mol. The average Bonchev–Trinajstić information content (AvgIpc) is 2.77. The summed E-state index contributed by atoms with van der Waals surface area (Å²) in [6, 6.07) is 10.3. The van der Waals surface area contributed by atoms with E-state index in [0.717, 1.165) is 22.4 Å². The fourth-order valence-corrected chi connectivity index (χ4v) is 4.08. The molecule has 0 radical (unpaired) electrons. The van der Waals surface area contributed by atoms with E-state index in [0.29, 0.717) is 12.2 Å². The van der Waals surface area contributed by atoms with Gasteiger partial charge in [-0.15, -0.1) is 11.3 Å². The van der Waals surface area contributed by atoms with Crippen LogP contribution in [0.2, 0.25) is 9.36 Å². The standard InChI is InChI=1S/C14H13Cl2NS.CH4O3S/c1-17-7-12(9-2-4-10(15)5-3-9)11-6-14(16)18-13(11)8-17;1-5(2,3)4/h2-6,12H,7-8H2,1H3;1H3,(H,2,3,4). The Kier molecular flexibility index (Phi) is 6.10. The minimum Gasteiger partial charge on any atom is -0.300 e. The quantitative estimate of drug-likeness (QED) is 0.739. The summed E-state index contributed by atoms with van der Waals surface area (Å²) in [5.74, 6) is 0.403. The monoisotopic (exact) mass is 393 g/mol. The first-order valence-corrected chi connectivity index (χ1v) is 10.2. The molecule has 126 valence electrons. The zero-order valence-electron chi connectivity index (χ0n) is 12.7. The number of hydrogen-bond donors (Lipinski definition) is 1. The van der Waals surface area contributed by atoms with Crippen LogP contribution in [0.5, 0.6) is 0 Å². The van der Waals surface area contributed by atoms with Gasteiger partial charge in [0.15, 0.2) is 0 Å². The van der Waals surface area contributed by atoms with Gasteiger partial charge in [0.05, 0.1) is 10.6 Å². The van der Waals surface area contributed by atoms with Gasteiger partial charge in [0.25, 0.3) is 10.1 Å². The van der Waals surface area contributed by atoms with Crippen LogP contribution < -0.4 is 0 Å². The van der Waals surface area contributed by atoms with Gasteiger partial charge in [-0.3, -0.25) is 4.55 Å². The van der Waals surface area contributed by atoms with E-state index < -0.39 is 10.1 Å². The van der Waals surface area contributed by atoms with Gasteiger partial charge in [0.1, 0.15) is 0 Å². The van der Waals surface area contributed by atoms with Gasteiger partial charge in [0.2, 0.25) is 0 Å². The molecule has 0 saturated heterocycles. The van der Waals surface area contributed by atoms with Gasteiger partial charge in [0, 0.05) is 28.9 Å². The highest BCUT2D eigenvalue weighted by molar-refractivity contribution is 7.85. The molecule has 0 saturated carbocycles. The second kappa shape index (κ2) is 7.51. The molecule has 0 aliphatic carbocycles. The van der Waals surface area contributed by atoms with Gasteiger partial charge in [-0.05, 0) is 36.4 Å². The first-order chi connectivity index (χ1) is 10.6. The van der Waals surface area contributed by atoms with Crippen molar-refractivity contribution in [1.82, 2.24) is 4.90 Å². The molecule has 2 aromatic rings. The van der Waals surface area contributed by atoms with Crippen molar-refractivity contribution in [1.29, 1.82) is 0 Å². The molecule has 4 nitrogen and oxygen atoms in total. The number of hydrogen-bond acceptors (Lipinski definition) is 4. The van der Waals surface area contributed by atoms with Crippen molar-refractivity contribution < 1.29 is 13.0 Å². The molecule has 1 aliphatic heterocycles. The van der Waals surface area contributed by atoms with Crippen LogP contribution in [0.15, 0.2) is 30.3 Å². The summed E-state index contributed by atoms with van der Waals surface area (Å²) < 4.78 is 26.8. The Balaban J connectivity index is 0.000000338.